The lowest BCUT2D eigenvalue weighted by Gasteiger charge is -2.26. The number of esters is 1. The van der Waals surface area contributed by atoms with Crippen molar-refractivity contribution in [3.8, 4) is 11.1 Å². The molecule has 7 heteroatoms. The molecule has 1 saturated carbocycles. The number of halogens is 1. The van der Waals surface area contributed by atoms with Gasteiger partial charge in [0, 0.05) is 16.0 Å². The summed E-state index contributed by atoms with van der Waals surface area (Å²) in [6.45, 7) is 2.06. The van der Waals surface area contributed by atoms with Crippen molar-refractivity contribution in [3.63, 3.8) is 0 Å². The molecule has 1 aromatic carbocycles. The van der Waals surface area contributed by atoms with Gasteiger partial charge in [-0.2, -0.15) is 0 Å². The maximum Gasteiger partial charge on any atom is 0.326 e. The van der Waals surface area contributed by atoms with Crippen LogP contribution in [0, 0.1) is 5.92 Å². The van der Waals surface area contributed by atoms with Crippen LogP contribution in [0.25, 0.3) is 21.3 Å². The van der Waals surface area contributed by atoms with Gasteiger partial charge in [-0.05, 0) is 42.9 Å². The van der Waals surface area contributed by atoms with Gasteiger partial charge < -0.3 is 4.74 Å². The number of rotatable bonds is 4. The summed E-state index contributed by atoms with van der Waals surface area (Å²) in [7, 11) is 0. The minimum atomic E-state index is -0.384. The fraction of sp³-hybridized carbons (Fsp3) is 0.381. The predicted octanol–water partition coefficient (Wildman–Crippen LogP) is 4.90. The van der Waals surface area contributed by atoms with E-state index < -0.39 is 0 Å². The van der Waals surface area contributed by atoms with Gasteiger partial charge in [-0.1, -0.05) is 37.1 Å². The molecule has 2 atom stereocenters. The van der Waals surface area contributed by atoms with Crippen LogP contribution in [0.3, 0.4) is 0 Å². The molecular weight excluding hydrogens is 396 g/mol. The van der Waals surface area contributed by atoms with Gasteiger partial charge in [-0.3, -0.25) is 14.2 Å². The summed E-state index contributed by atoms with van der Waals surface area (Å²) in [4.78, 5) is 30.4. The van der Waals surface area contributed by atoms with E-state index in [-0.39, 0.29) is 24.2 Å². The second kappa shape index (κ2) is 8.05. The molecule has 4 rings (SSSR count). The number of benzene rings is 1. The van der Waals surface area contributed by atoms with Crippen molar-refractivity contribution in [1.29, 1.82) is 0 Å². The van der Waals surface area contributed by atoms with Crippen LogP contribution in [0.15, 0.2) is 40.8 Å². The number of fused-ring (bicyclic) bond motifs is 1. The first-order valence-electron chi connectivity index (χ1n) is 9.43. The SMILES string of the molecule is C[C@H]1CCC[C@@H](OC(=O)Cn2cnc3scc(-c4ccc(Cl)cc4)c3c2=O)C1. The number of hydrogen-bond donors (Lipinski definition) is 0. The second-order valence-electron chi connectivity index (χ2n) is 7.40. The lowest BCUT2D eigenvalue weighted by atomic mass is 9.89. The van der Waals surface area contributed by atoms with Crippen LogP contribution in [-0.4, -0.2) is 21.6 Å². The monoisotopic (exact) mass is 416 g/mol. The zero-order valence-corrected chi connectivity index (χ0v) is 17.1. The van der Waals surface area contributed by atoms with Gasteiger partial charge in [0.2, 0.25) is 0 Å². The van der Waals surface area contributed by atoms with Crippen molar-refractivity contribution >= 4 is 39.1 Å². The quantitative estimate of drug-likeness (QED) is 0.567. The Labute approximate surface area is 171 Å². The van der Waals surface area contributed by atoms with Crippen LogP contribution < -0.4 is 5.56 Å². The normalized spacial score (nSPS) is 19.6. The van der Waals surface area contributed by atoms with Crippen LogP contribution in [0.1, 0.15) is 32.6 Å². The zero-order chi connectivity index (χ0) is 19.7. The average molecular weight is 417 g/mol. The van der Waals surface area contributed by atoms with Gasteiger partial charge in [0.25, 0.3) is 5.56 Å². The maximum absolute atomic E-state index is 13.0. The van der Waals surface area contributed by atoms with Gasteiger partial charge in [-0.25, -0.2) is 4.98 Å². The van der Waals surface area contributed by atoms with Crippen LogP contribution in [0.5, 0.6) is 0 Å². The van der Waals surface area contributed by atoms with E-state index in [0.717, 1.165) is 30.4 Å². The van der Waals surface area contributed by atoms with E-state index in [0.29, 0.717) is 21.2 Å². The summed E-state index contributed by atoms with van der Waals surface area (Å²) in [5.74, 6) is 0.186. The van der Waals surface area contributed by atoms with Crippen molar-refractivity contribution < 1.29 is 9.53 Å². The summed E-state index contributed by atoms with van der Waals surface area (Å²) in [5.41, 5.74) is 1.47. The summed E-state index contributed by atoms with van der Waals surface area (Å²) in [5, 5.41) is 3.07. The van der Waals surface area contributed by atoms with Crippen molar-refractivity contribution in [1.82, 2.24) is 9.55 Å². The molecule has 0 unspecified atom stereocenters. The third-order valence-corrected chi connectivity index (χ3v) is 6.34. The molecule has 5 nitrogen and oxygen atoms in total. The first-order valence-corrected chi connectivity index (χ1v) is 10.7. The number of thiophene rings is 1. The number of nitrogens with zero attached hydrogens (tertiary/aromatic N) is 2. The predicted molar refractivity (Wildman–Crippen MR) is 112 cm³/mol. The lowest BCUT2D eigenvalue weighted by molar-refractivity contribution is -0.152. The Morgan fingerprint density at radius 1 is 1.32 bits per heavy atom. The summed E-state index contributed by atoms with van der Waals surface area (Å²) < 4.78 is 6.94. The first kappa shape index (κ1) is 19.2. The number of carbonyl (C=O) groups excluding carboxylic acids is 1. The highest BCUT2D eigenvalue weighted by Crippen LogP contribution is 2.31. The van der Waals surface area contributed by atoms with Crippen LogP contribution in [0.2, 0.25) is 5.02 Å². The smallest absolute Gasteiger partial charge is 0.326 e. The van der Waals surface area contributed by atoms with E-state index in [1.807, 2.05) is 17.5 Å². The third-order valence-electron chi connectivity index (χ3n) is 5.20. The Morgan fingerprint density at radius 2 is 2.11 bits per heavy atom. The standard InChI is InChI=1S/C21H21ClN2O3S/c1-13-3-2-4-16(9-13)27-18(25)10-24-12-23-20-19(21(24)26)17(11-28-20)14-5-7-15(22)8-6-14/h5-8,11-13,16H,2-4,9-10H2,1H3/t13-,16+/m0/s1. The van der Waals surface area contributed by atoms with E-state index in [1.54, 1.807) is 12.1 Å². The van der Waals surface area contributed by atoms with Crippen molar-refractivity contribution in [2.75, 3.05) is 0 Å². The molecule has 3 aromatic rings. The largest absolute Gasteiger partial charge is 0.461 e. The molecule has 1 aliphatic carbocycles. The highest BCUT2D eigenvalue weighted by atomic mass is 35.5. The summed E-state index contributed by atoms with van der Waals surface area (Å²) >= 11 is 7.38. The van der Waals surface area contributed by atoms with E-state index >= 15 is 0 Å². The molecule has 1 fully saturated rings. The van der Waals surface area contributed by atoms with Gasteiger partial charge in [0.15, 0.2) is 0 Å². The van der Waals surface area contributed by atoms with Gasteiger partial charge in [0.05, 0.1) is 11.7 Å². The summed E-state index contributed by atoms with van der Waals surface area (Å²) in [6, 6.07) is 7.33. The van der Waals surface area contributed by atoms with Crippen LogP contribution in [-0.2, 0) is 16.1 Å². The number of aromatic nitrogens is 2. The molecule has 0 N–H and O–H groups in total. The van der Waals surface area contributed by atoms with E-state index in [2.05, 4.69) is 11.9 Å². The number of carbonyl (C=O) groups is 1. The van der Waals surface area contributed by atoms with E-state index in [4.69, 9.17) is 16.3 Å². The highest BCUT2D eigenvalue weighted by Gasteiger charge is 2.23. The topological polar surface area (TPSA) is 61.2 Å². The van der Waals surface area contributed by atoms with Crippen LogP contribution >= 0.6 is 22.9 Å². The zero-order valence-electron chi connectivity index (χ0n) is 15.6. The molecule has 0 saturated heterocycles. The molecule has 146 valence electrons. The van der Waals surface area contributed by atoms with Crippen LogP contribution in [0.4, 0.5) is 0 Å². The molecule has 28 heavy (non-hydrogen) atoms. The Morgan fingerprint density at radius 3 is 2.86 bits per heavy atom. The molecule has 0 aliphatic heterocycles. The van der Waals surface area contributed by atoms with Gasteiger partial charge in [-0.15, -0.1) is 11.3 Å². The fourth-order valence-electron chi connectivity index (χ4n) is 3.77. The maximum atomic E-state index is 13.0. The Hall–Kier alpha value is -2.18. The third kappa shape index (κ3) is 3.98. The van der Waals surface area contributed by atoms with Crippen molar-refractivity contribution in [3.05, 3.63) is 51.3 Å². The molecule has 0 spiro atoms. The average Bonchev–Trinajstić information content (AvgIpc) is 3.09. The molecule has 0 bridgehead atoms. The summed E-state index contributed by atoms with van der Waals surface area (Å²) in [6.07, 6.45) is 5.43. The minimum absolute atomic E-state index is 0.0468. The Bertz CT molecular complexity index is 1060. The molecule has 0 radical (unpaired) electrons. The Kier molecular flexibility index (Phi) is 5.51. The Balaban J connectivity index is 1.59. The minimum Gasteiger partial charge on any atom is -0.461 e. The van der Waals surface area contributed by atoms with E-state index in [9.17, 15) is 9.59 Å². The molecule has 1 aliphatic rings. The fourth-order valence-corrected chi connectivity index (χ4v) is 4.80. The number of hydrogen-bond acceptors (Lipinski definition) is 5. The highest BCUT2D eigenvalue weighted by molar-refractivity contribution is 7.17. The second-order valence-corrected chi connectivity index (χ2v) is 8.69. The molecule has 2 heterocycles. The van der Waals surface area contributed by atoms with Gasteiger partial charge >= 0.3 is 5.97 Å². The van der Waals surface area contributed by atoms with Crippen molar-refractivity contribution in [2.24, 2.45) is 5.92 Å². The lowest BCUT2D eigenvalue weighted by Crippen LogP contribution is -2.30. The molecule has 0 amide bonds. The van der Waals surface area contributed by atoms with Gasteiger partial charge in [0.1, 0.15) is 17.5 Å². The number of ether oxygens (including phenoxy) is 1. The molecular formula is C21H21ClN2O3S. The first-order chi connectivity index (χ1) is 13.5. The molecule has 2 aromatic heterocycles. The van der Waals surface area contributed by atoms with E-state index in [1.165, 1.54) is 28.7 Å². The van der Waals surface area contributed by atoms with Crippen molar-refractivity contribution in [2.45, 2.75) is 45.3 Å².